The van der Waals surface area contributed by atoms with Gasteiger partial charge in [-0.2, -0.15) is 4.31 Å². The number of carbonyl (C=O) groups excluding carboxylic acids is 2. The molecular formula is C19H25NO8S. The number of hydrogen-bond donors (Lipinski definition) is 1. The predicted molar refractivity (Wildman–Crippen MR) is 102 cm³/mol. The number of esters is 2. The van der Waals surface area contributed by atoms with E-state index in [4.69, 9.17) is 4.74 Å². The maximum atomic E-state index is 12.8. The molecule has 9 nitrogen and oxygen atoms in total. The van der Waals surface area contributed by atoms with Crippen LogP contribution in [-0.4, -0.2) is 59.7 Å². The first kappa shape index (κ1) is 22.8. The van der Waals surface area contributed by atoms with Crippen LogP contribution >= 0.6 is 0 Å². The molecule has 3 atom stereocenters. The fourth-order valence-corrected chi connectivity index (χ4v) is 5.37. The first-order valence-corrected chi connectivity index (χ1v) is 10.5. The molecule has 0 aromatic heterocycles. The first-order valence-electron chi connectivity index (χ1n) is 9.00. The zero-order valence-electron chi connectivity index (χ0n) is 16.7. The fourth-order valence-electron chi connectivity index (χ4n) is 3.24. The molecule has 1 aliphatic rings. The van der Waals surface area contributed by atoms with Crippen LogP contribution in [0.4, 0.5) is 0 Å². The standard InChI is InChI=1S/C19H25NO8S/c1-19(2,3)28-14(21)11-10-13(17(22)23)20-15(12-8-6-5-7-9-12)16(18(24)27-4)29(20,25)26/h5-9,13,15-16H,10-11H2,1-4H3,(H,22,23)/t13-,15?,16?/m1/s1/i15+1. The number of methoxy groups -OCH3 is 1. The number of carbonyl (C=O) groups is 3. The van der Waals surface area contributed by atoms with Crippen molar-refractivity contribution in [1.82, 2.24) is 4.31 Å². The predicted octanol–water partition coefficient (Wildman–Crippen LogP) is 1.49. The Morgan fingerprint density at radius 1 is 1.17 bits per heavy atom. The van der Waals surface area contributed by atoms with Crippen molar-refractivity contribution in [3.63, 3.8) is 0 Å². The number of carboxylic acid groups (broad SMARTS) is 1. The molecular weight excluding hydrogens is 403 g/mol. The lowest BCUT2D eigenvalue weighted by Crippen LogP contribution is -2.66. The molecule has 1 aliphatic heterocycles. The lowest BCUT2D eigenvalue weighted by atomic mass is 10.1. The number of benzene rings is 1. The van der Waals surface area contributed by atoms with Crippen molar-refractivity contribution >= 4 is 27.9 Å². The Bertz CT molecular complexity index is 875. The van der Waals surface area contributed by atoms with E-state index in [1.807, 2.05) is 0 Å². The molecule has 0 spiro atoms. The highest BCUT2D eigenvalue weighted by atomic mass is 32.2. The molecule has 0 aliphatic carbocycles. The van der Waals surface area contributed by atoms with E-state index in [0.29, 0.717) is 5.56 Å². The van der Waals surface area contributed by atoms with Gasteiger partial charge in [0, 0.05) is 6.42 Å². The SMILES string of the molecule is COC(=O)C1[13CH](c2ccccc2)N([C@H](CCC(=O)OC(C)(C)C)C(=O)O)S1(=O)=O. The van der Waals surface area contributed by atoms with Crippen molar-refractivity contribution in [2.75, 3.05) is 7.11 Å². The van der Waals surface area contributed by atoms with Gasteiger partial charge in [-0.3, -0.25) is 14.4 Å². The zero-order valence-corrected chi connectivity index (χ0v) is 17.5. The highest BCUT2D eigenvalue weighted by Crippen LogP contribution is 2.45. The average molecular weight is 428 g/mol. The van der Waals surface area contributed by atoms with E-state index in [2.05, 4.69) is 4.74 Å². The van der Waals surface area contributed by atoms with Crippen LogP contribution in [0.25, 0.3) is 0 Å². The smallest absolute Gasteiger partial charge is 0.327 e. The number of rotatable bonds is 7. The summed E-state index contributed by atoms with van der Waals surface area (Å²) >= 11 is 0. The van der Waals surface area contributed by atoms with Gasteiger partial charge in [0.05, 0.1) is 13.2 Å². The molecule has 2 rings (SSSR count). The Hall–Kier alpha value is -2.46. The van der Waals surface area contributed by atoms with Crippen LogP contribution in [0, 0.1) is 0 Å². The lowest BCUT2D eigenvalue weighted by Gasteiger charge is -2.47. The number of hydrogen-bond acceptors (Lipinski definition) is 7. The van der Waals surface area contributed by atoms with Gasteiger partial charge in [0.15, 0.2) is 5.25 Å². The van der Waals surface area contributed by atoms with Crippen LogP contribution in [0.2, 0.25) is 0 Å². The number of aliphatic carboxylic acids is 1. The van der Waals surface area contributed by atoms with E-state index in [9.17, 15) is 27.9 Å². The third kappa shape index (κ3) is 4.94. The Labute approximate surface area is 169 Å². The van der Waals surface area contributed by atoms with Crippen molar-refractivity contribution in [3.05, 3.63) is 35.9 Å². The molecule has 1 fully saturated rings. The van der Waals surface area contributed by atoms with E-state index < -0.39 is 50.9 Å². The van der Waals surface area contributed by atoms with E-state index in [-0.39, 0.29) is 12.8 Å². The highest BCUT2D eigenvalue weighted by molar-refractivity contribution is 7.92. The molecule has 0 bridgehead atoms. The van der Waals surface area contributed by atoms with Crippen LogP contribution in [0.3, 0.4) is 0 Å². The van der Waals surface area contributed by atoms with Crippen molar-refractivity contribution < 1.29 is 37.4 Å². The van der Waals surface area contributed by atoms with E-state index in [0.717, 1.165) is 11.4 Å². The van der Waals surface area contributed by atoms with Gasteiger partial charge >= 0.3 is 17.9 Å². The topological polar surface area (TPSA) is 127 Å². The van der Waals surface area contributed by atoms with Crippen molar-refractivity contribution in [2.45, 2.75) is 56.5 Å². The molecule has 1 aromatic rings. The summed E-state index contributed by atoms with van der Waals surface area (Å²) in [6, 6.07) is 5.68. The Morgan fingerprint density at radius 2 is 1.76 bits per heavy atom. The van der Waals surface area contributed by atoms with E-state index in [1.165, 1.54) is 0 Å². The van der Waals surface area contributed by atoms with E-state index in [1.54, 1.807) is 51.1 Å². The number of ether oxygens (including phenoxy) is 2. The summed E-state index contributed by atoms with van der Waals surface area (Å²) in [6.07, 6.45) is -0.578. The Morgan fingerprint density at radius 3 is 2.24 bits per heavy atom. The molecule has 1 saturated heterocycles. The maximum Gasteiger partial charge on any atom is 0.327 e. The van der Waals surface area contributed by atoms with Crippen LogP contribution in [0.1, 0.15) is 45.2 Å². The molecule has 0 amide bonds. The largest absolute Gasteiger partial charge is 0.480 e. The van der Waals surface area contributed by atoms with Gasteiger partial charge in [-0.15, -0.1) is 0 Å². The first-order chi connectivity index (χ1) is 13.4. The zero-order chi connectivity index (χ0) is 22.0. The summed E-state index contributed by atoms with van der Waals surface area (Å²) in [6.45, 7) is 5.02. The molecule has 1 aromatic carbocycles. The summed E-state index contributed by atoms with van der Waals surface area (Å²) in [4.78, 5) is 36.0. The van der Waals surface area contributed by atoms with Crippen LogP contribution in [0.5, 0.6) is 0 Å². The van der Waals surface area contributed by atoms with Crippen LogP contribution in [-0.2, 0) is 33.9 Å². The fraction of sp³-hybridized carbons (Fsp3) is 0.526. The second kappa shape index (κ2) is 8.50. The van der Waals surface area contributed by atoms with Crippen molar-refractivity contribution in [1.29, 1.82) is 0 Å². The molecule has 2 unspecified atom stereocenters. The number of sulfonamides is 1. The molecule has 0 radical (unpaired) electrons. The maximum absolute atomic E-state index is 12.8. The number of carboxylic acids is 1. The number of nitrogens with zero attached hydrogens (tertiary/aromatic N) is 1. The monoisotopic (exact) mass is 428 g/mol. The normalized spacial score (nSPS) is 22.2. The molecule has 10 heteroatoms. The molecule has 29 heavy (non-hydrogen) atoms. The molecule has 1 heterocycles. The highest BCUT2D eigenvalue weighted by Gasteiger charge is 2.62. The summed E-state index contributed by atoms with van der Waals surface area (Å²) in [5, 5.41) is 8.12. The average Bonchev–Trinajstić information content (AvgIpc) is 2.61. The summed E-state index contributed by atoms with van der Waals surface area (Å²) in [5.41, 5.74) is -0.289. The van der Waals surface area contributed by atoms with Gasteiger partial charge in [0.1, 0.15) is 11.6 Å². The van der Waals surface area contributed by atoms with Gasteiger partial charge < -0.3 is 14.6 Å². The van der Waals surface area contributed by atoms with Gasteiger partial charge in [0.2, 0.25) is 10.0 Å². The van der Waals surface area contributed by atoms with Gasteiger partial charge in [-0.05, 0) is 32.8 Å². The summed E-state index contributed by atoms with van der Waals surface area (Å²) in [5.74, 6) is -3.02. The Balaban J connectivity index is 2.34. The van der Waals surface area contributed by atoms with Crippen LogP contribution < -0.4 is 0 Å². The van der Waals surface area contributed by atoms with Crippen LogP contribution in [0.15, 0.2) is 30.3 Å². The lowest BCUT2D eigenvalue weighted by molar-refractivity contribution is -0.156. The van der Waals surface area contributed by atoms with E-state index >= 15 is 0 Å². The minimum atomic E-state index is -4.27. The minimum Gasteiger partial charge on any atom is -0.480 e. The van der Waals surface area contributed by atoms with Crippen molar-refractivity contribution in [2.24, 2.45) is 0 Å². The second-order valence-electron chi connectivity index (χ2n) is 7.65. The van der Waals surface area contributed by atoms with Gasteiger partial charge in [0.25, 0.3) is 0 Å². The molecule has 160 valence electrons. The molecule has 0 saturated carbocycles. The minimum absolute atomic E-state index is 0.287. The molecule has 1 N–H and O–H groups in total. The summed E-state index contributed by atoms with van der Waals surface area (Å²) in [7, 11) is -3.20. The third-order valence-electron chi connectivity index (χ3n) is 4.38. The third-order valence-corrected chi connectivity index (χ3v) is 6.55. The second-order valence-corrected chi connectivity index (χ2v) is 9.61. The summed E-state index contributed by atoms with van der Waals surface area (Å²) < 4.78 is 36.2. The van der Waals surface area contributed by atoms with Gasteiger partial charge in [-0.1, -0.05) is 30.3 Å². The van der Waals surface area contributed by atoms with Crippen molar-refractivity contribution in [3.8, 4) is 0 Å². The van der Waals surface area contributed by atoms with Gasteiger partial charge in [-0.25, -0.2) is 8.42 Å². The quantitative estimate of drug-likeness (QED) is 0.511. The Kier molecular flexibility index (Phi) is 6.69.